The van der Waals surface area contributed by atoms with Crippen molar-refractivity contribution in [1.29, 1.82) is 0 Å². The van der Waals surface area contributed by atoms with E-state index in [0.717, 1.165) is 5.56 Å². The van der Waals surface area contributed by atoms with Crippen LogP contribution in [-0.2, 0) is 30.9 Å². The molecule has 2 aromatic carbocycles. The normalized spacial score (nSPS) is 14.5. The van der Waals surface area contributed by atoms with Crippen LogP contribution in [0.1, 0.15) is 29.3 Å². The predicted octanol–water partition coefficient (Wildman–Crippen LogP) is 1.74. The van der Waals surface area contributed by atoms with Crippen molar-refractivity contribution in [2.45, 2.75) is 24.8 Å². The fraction of sp³-hybridized carbons (Fsp3) is 0.375. The first-order chi connectivity index (χ1) is 16.2. The number of ether oxygens (including phenoxy) is 1. The van der Waals surface area contributed by atoms with Gasteiger partial charge in [-0.25, -0.2) is 8.42 Å². The van der Waals surface area contributed by atoms with Crippen LogP contribution in [0.4, 0.5) is 0 Å². The number of piperazine rings is 1. The van der Waals surface area contributed by atoms with Gasteiger partial charge in [0.1, 0.15) is 0 Å². The molecule has 1 saturated heterocycles. The molecule has 0 radical (unpaired) electrons. The van der Waals surface area contributed by atoms with Crippen LogP contribution in [0.25, 0.3) is 0 Å². The summed E-state index contributed by atoms with van der Waals surface area (Å²) in [6, 6.07) is 15.2. The van der Waals surface area contributed by atoms with E-state index in [9.17, 15) is 22.8 Å². The molecule has 0 unspecified atom stereocenters. The monoisotopic (exact) mass is 487 g/mol. The number of amides is 2. The van der Waals surface area contributed by atoms with Gasteiger partial charge in [0.2, 0.25) is 15.9 Å². The van der Waals surface area contributed by atoms with Gasteiger partial charge in [0.25, 0.3) is 5.91 Å². The number of methoxy groups -OCH3 is 1. The zero-order chi connectivity index (χ0) is 24.7. The quantitative estimate of drug-likeness (QED) is 0.526. The summed E-state index contributed by atoms with van der Waals surface area (Å²) in [6.45, 7) is 3.08. The fourth-order valence-electron chi connectivity index (χ4n) is 3.73. The topological polar surface area (TPSA) is 104 Å². The van der Waals surface area contributed by atoms with Gasteiger partial charge in [-0.3, -0.25) is 14.4 Å². The molecule has 1 aliphatic rings. The Bertz CT molecular complexity index is 1110. The van der Waals surface area contributed by atoms with Gasteiger partial charge in [0.15, 0.2) is 0 Å². The first-order valence-electron chi connectivity index (χ1n) is 11.0. The lowest BCUT2D eigenvalue weighted by molar-refractivity contribution is -0.140. The molecule has 3 rings (SSSR count). The Labute approximate surface area is 200 Å². The van der Waals surface area contributed by atoms with E-state index in [1.165, 1.54) is 47.5 Å². The molecule has 1 aliphatic heterocycles. The average molecular weight is 488 g/mol. The molecule has 0 saturated carbocycles. The highest BCUT2D eigenvalue weighted by molar-refractivity contribution is 7.89. The Hall–Kier alpha value is -3.24. The van der Waals surface area contributed by atoms with Gasteiger partial charge in [-0.05, 0) is 29.8 Å². The summed E-state index contributed by atoms with van der Waals surface area (Å²) < 4.78 is 32.1. The first kappa shape index (κ1) is 25.4. The maximum atomic E-state index is 13.2. The van der Waals surface area contributed by atoms with Gasteiger partial charge in [0, 0.05) is 51.8 Å². The number of carbonyl (C=O) groups excluding carboxylic acids is 3. The maximum Gasteiger partial charge on any atom is 0.307 e. The molecule has 0 atom stereocenters. The van der Waals surface area contributed by atoms with Crippen LogP contribution in [0.5, 0.6) is 0 Å². The summed E-state index contributed by atoms with van der Waals surface area (Å²) in [5.74, 6) is -0.809. The van der Waals surface area contributed by atoms with Crippen LogP contribution in [0.2, 0.25) is 0 Å². The van der Waals surface area contributed by atoms with Crippen molar-refractivity contribution in [3.8, 4) is 0 Å². The third-order valence-corrected chi connectivity index (χ3v) is 7.65. The van der Waals surface area contributed by atoms with Crippen LogP contribution in [0.15, 0.2) is 59.5 Å². The van der Waals surface area contributed by atoms with Gasteiger partial charge in [0.05, 0.1) is 18.4 Å². The lowest BCUT2D eigenvalue weighted by atomic mass is 10.1. The number of sulfonamides is 1. The van der Waals surface area contributed by atoms with Gasteiger partial charge >= 0.3 is 5.97 Å². The SMILES string of the molecule is COC(=O)CCN(Cc1ccccc1)C(=O)c1ccc(S(=O)(=O)N2CCN(C(C)=O)CC2)cc1. The van der Waals surface area contributed by atoms with E-state index < -0.39 is 16.0 Å². The Kier molecular flexibility index (Phi) is 8.41. The zero-order valence-corrected chi connectivity index (χ0v) is 20.2. The molecule has 1 fully saturated rings. The number of hydrogen-bond donors (Lipinski definition) is 0. The second kappa shape index (κ2) is 11.3. The summed E-state index contributed by atoms with van der Waals surface area (Å²) in [5.41, 5.74) is 1.23. The summed E-state index contributed by atoms with van der Waals surface area (Å²) in [7, 11) is -2.44. The molecule has 9 nitrogen and oxygen atoms in total. The van der Waals surface area contributed by atoms with Gasteiger partial charge < -0.3 is 14.5 Å². The van der Waals surface area contributed by atoms with Crippen LogP contribution in [0.3, 0.4) is 0 Å². The standard InChI is InChI=1S/C24H29N3O6S/c1-19(28)25-14-16-27(17-15-25)34(31,32)22-10-8-21(9-11-22)24(30)26(13-12-23(29)33-2)18-20-6-4-3-5-7-20/h3-11H,12-18H2,1-2H3. The largest absolute Gasteiger partial charge is 0.469 e. The van der Waals surface area contributed by atoms with Crippen molar-refractivity contribution in [3.63, 3.8) is 0 Å². The van der Waals surface area contributed by atoms with Crippen molar-refractivity contribution in [1.82, 2.24) is 14.1 Å². The minimum atomic E-state index is -3.74. The van der Waals surface area contributed by atoms with Crippen LogP contribution in [0, 0.1) is 0 Å². The molecule has 10 heteroatoms. The third kappa shape index (κ3) is 6.21. The van der Waals surface area contributed by atoms with E-state index in [2.05, 4.69) is 0 Å². The van der Waals surface area contributed by atoms with Crippen molar-refractivity contribution in [2.24, 2.45) is 0 Å². The molecule has 0 aliphatic carbocycles. The molecule has 0 aromatic heterocycles. The second-order valence-electron chi connectivity index (χ2n) is 7.97. The van der Waals surface area contributed by atoms with Crippen LogP contribution < -0.4 is 0 Å². The summed E-state index contributed by atoms with van der Waals surface area (Å²) in [6.07, 6.45) is 0.0494. The molecule has 2 amide bonds. The van der Waals surface area contributed by atoms with E-state index in [-0.39, 0.29) is 42.8 Å². The highest BCUT2D eigenvalue weighted by Crippen LogP contribution is 2.20. The van der Waals surface area contributed by atoms with E-state index in [0.29, 0.717) is 25.2 Å². The predicted molar refractivity (Wildman–Crippen MR) is 125 cm³/mol. The highest BCUT2D eigenvalue weighted by Gasteiger charge is 2.29. The van der Waals surface area contributed by atoms with Crippen LogP contribution in [-0.4, -0.2) is 80.1 Å². The van der Waals surface area contributed by atoms with E-state index in [4.69, 9.17) is 4.74 Å². The molecule has 1 heterocycles. The number of esters is 1. The maximum absolute atomic E-state index is 13.2. The minimum Gasteiger partial charge on any atom is -0.469 e. The summed E-state index contributed by atoms with van der Waals surface area (Å²) in [4.78, 5) is 39.6. The van der Waals surface area contributed by atoms with E-state index >= 15 is 0 Å². The van der Waals surface area contributed by atoms with E-state index in [1.54, 1.807) is 4.90 Å². The first-order valence-corrected chi connectivity index (χ1v) is 12.4. The molecule has 0 N–H and O–H groups in total. The lowest BCUT2D eigenvalue weighted by Crippen LogP contribution is -2.49. The molecular weight excluding hydrogens is 458 g/mol. The number of carbonyl (C=O) groups is 3. The fourth-order valence-corrected chi connectivity index (χ4v) is 5.15. The van der Waals surface area contributed by atoms with Gasteiger partial charge in [-0.15, -0.1) is 0 Å². The van der Waals surface area contributed by atoms with Crippen LogP contribution >= 0.6 is 0 Å². The van der Waals surface area contributed by atoms with Crippen molar-refractivity contribution >= 4 is 27.8 Å². The smallest absolute Gasteiger partial charge is 0.307 e. The Morgan fingerprint density at radius 3 is 2.12 bits per heavy atom. The molecule has 182 valence electrons. The molecular formula is C24H29N3O6S. The number of nitrogens with zero attached hydrogens (tertiary/aromatic N) is 3. The molecule has 0 bridgehead atoms. The Balaban J connectivity index is 1.74. The molecule has 2 aromatic rings. The lowest BCUT2D eigenvalue weighted by Gasteiger charge is -2.33. The average Bonchev–Trinajstić information content (AvgIpc) is 2.86. The molecule has 0 spiro atoms. The zero-order valence-electron chi connectivity index (χ0n) is 19.3. The summed E-state index contributed by atoms with van der Waals surface area (Å²) >= 11 is 0. The Morgan fingerprint density at radius 2 is 1.56 bits per heavy atom. The second-order valence-corrected chi connectivity index (χ2v) is 9.91. The Morgan fingerprint density at radius 1 is 0.941 bits per heavy atom. The highest BCUT2D eigenvalue weighted by atomic mass is 32.2. The molecule has 34 heavy (non-hydrogen) atoms. The summed E-state index contributed by atoms with van der Waals surface area (Å²) in [5, 5.41) is 0. The number of hydrogen-bond acceptors (Lipinski definition) is 6. The third-order valence-electron chi connectivity index (χ3n) is 5.74. The van der Waals surface area contributed by atoms with E-state index in [1.807, 2.05) is 30.3 Å². The number of benzene rings is 2. The van der Waals surface area contributed by atoms with Crippen molar-refractivity contribution < 1.29 is 27.5 Å². The minimum absolute atomic E-state index is 0.0494. The van der Waals surface area contributed by atoms with Gasteiger partial charge in [-0.1, -0.05) is 30.3 Å². The number of rotatable bonds is 8. The van der Waals surface area contributed by atoms with Crippen molar-refractivity contribution in [2.75, 3.05) is 39.8 Å². The van der Waals surface area contributed by atoms with Crippen molar-refractivity contribution in [3.05, 3.63) is 65.7 Å². The van der Waals surface area contributed by atoms with Gasteiger partial charge in [-0.2, -0.15) is 4.31 Å².